The van der Waals surface area contributed by atoms with Gasteiger partial charge in [-0.05, 0) is 68.5 Å². The Morgan fingerprint density at radius 3 is 2.56 bits per heavy atom. The van der Waals surface area contributed by atoms with Crippen molar-refractivity contribution in [2.75, 3.05) is 27.2 Å². The molecule has 0 spiro atoms. The molecule has 0 N–H and O–H groups in total. The zero-order valence-electron chi connectivity index (χ0n) is 15.4. The van der Waals surface area contributed by atoms with Crippen LogP contribution in [0.1, 0.15) is 40.8 Å². The third-order valence-electron chi connectivity index (χ3n) is 5.53. The fourth-order valence-corrected chi connectivity index (χ4v) is 4.20. The molecule has 1 aliphatic carbocycles. The molecule has 1 aromatic carbocycles. The lowest BCUT2D eigenvalue weighted by Crippen LogP contribution is -2.27. The van der Waals surface area contributed by atoms with Crippen LogP contribution in [-0.2, 0) is 12.8 Å². The number of aromatic nitrogens is 1. The summed E-state index contributed by atoms with van der Waals surface area (Å²) in [5.41, 5.74) is 9.35. The predicted molar refractivity (Wildman–Crippen MR) is 102 cm³/mol. The van der Waals surface area contributed by atoms with Crippen LogP contribution in [0.4, 0.5) is 0 Å². The molecular weight excluding hydrogens is 308 g/mol. The van der Waals surface area contributed by atoms with E-state index < -0.39 is 0 Å². The van der Waals surface area contributed by atoms with Crippen LogP contribution in [0.25, 0.3) is 5.57 Å². The molecule has 0 saturated carbocycles. The predicted octanol–water partition coefficient (Wildman–Crippen LogP) is 4.02. The number of likely N-dealkylation sites (tertiary alicyclic amines) is 1. The van der Waals surface area contributed by atoms with Crippen molar-refractivity contribution in [2.45, 2.75) is 32.6 Å². The van der Waals surface area contributed by atoms with Crippen molar-refractivity contribution >= 4 is 5.57 Å². The number of nitrogens with zero attached hydrogens (tertiary/aromatic N) is 2. The van der Waals surface area contributed by atoms with Gasteiger partial charge in [-0.3, -0.25) is 4.98 Å². The van der Waals surface area contributed by atoms with Crippen molar-refractivity contribution in [2.24, 2.45) is 0 Å². The number of rotatable bonds is 1. The summed E-state index contributed by atoms with van der Waals surface area (Å²) in [6.45, 7) is 4.39. The van der Waals surface area contributed by atoms with Crippen molar-refractivity contribution in [1.82, 2.24) is 9.88 Å². The van der Waals surface area contributed by atoms with Gasteiger partial charge in [0.25, 0.3) is 0 Å². The lowest BCUT2D eigenvalue weighted by molar-refractivity contribution is 0.313. The van der Waals surface area contributed by atoms with Gasteiger partial charge in [-0.25, -0.2) is 0 Å². The molecule has 1 aliphatic heterocycles. The van der Waals surface area contributed by atoms with E-state index in [0.29, 0.717) is 0 Å². The fourth-order valence-electron chi connectivity index (χ4n) is 4.20. The third-order valence-corrected chi connectivity index (χ3v) is 5.53. The van der Waals surface area contributed by atoms with Crippen LogP contribution in [0.3, 0.4) is 0 Å². The molecule has 25 heavy (non-hydrogen) atoms. The number of pyridine rings is 1. The summed E-state index contributed by atoms with van der Waals surface area (Å²) in [6.07, 6.45) is 6.23. The summed E-state index contributed by atoms with van der Waals surface area (Å²) >= 11 is 0. The lowest BCUT2D eigenvalue weighted by Gasteiger charge is -2.27. The SMILES string of the molecule is COc1cc(C)cc2c1C(=C1CCN(C)CC1)c1ncccc1CC2. The summed E-state index contributed by atoms with van der Waals surface area (Å²) in [5.74, 6) is 0.995. The Balaban J connectivity index is 2.00. The van der Waals surface area contributed by atoms with E-state index in [0.717, 1.165) is 44.5 Å². The molecule has 2 aliphatic rings. The molecule has 0 radical (unpaired) electrons. The Bertz CT molecular complexity index is 828. The van der Waals surface area contributed by atoms with Gasteiger partial charge < -0.3 is 9.64 Å². The normalized spacial score (nSPS) is 17.7. The Morgan fingerprint density at radius 1 is 1.04 bits per heavy atom. The first-order valence-electron chi connectivity index (χ1n) is 9.20. The highest BCUT2D eigenvalue weighted by Gasteiger charge is 2.27. The van der Waals surface area contributed by atoms with Gasteiger partial charge in [0.1, 0.15) is 5.75 Å². The van der Waals surface area contributed by atoms with Gasteiger partial charge in [-0.15, -0.1) is 0 Å². The smallest absolute Gasteiger partial charge is 0.127 e. The van der Waals surface area contributed by atoms with Crippen molar-refractivity contribution in [3.05, 3.63) is 64.0 Å². The minimum absolute atomic E-state index is 0.995. The Hall–Kier alpha value is -2.13. The van der Waals surface area contributed by atoms with Crippen molar-refractivity contribution in [3.63, 3.8) is 0 Å². The Labute approximate surface area is 150 Å². The molecular formula is C22H26N2O. The van der Waals surface area contributed by atoms with Gasteiger partial charge >= 0.3 is 0 Å². The van der Waals surface area contributed by atoms with Gasteiger partial charge in [0, 0.05) is 30.4 Å². The Kier molecular flexibility index (Phi) is 4.34. The van der Waals surface area contributed by atoms with E-state index in [2.05, 4.69) is 43.1 Å². The molecule has 2 heterocycles. The number of ether oxygens (including phenoxy) is 1. The molecule has 0 bridgehead atoms. The van der Waals surface area contributed by atoms with E-state index in [9.17, 15) is 0 Å². The average molecular weight is 334 g/mol. The molecule has 3 heteroatoms. The highest BCUT2D eigenvalue weighted by Crippen LogP contribution is 2.42. The van der Waals surface area contributed by atoms with Gasteiger partial charge in [0.05, 0.1) is 12.8 Å². The summed E-state index contributed by atoms with van der Waals surface area (Å²) in [5, 5.41) is 0. The van der Waals surface area contributed by atoms with Crippen molar-refractivity contribution < 1.29 is 4.74 Å². The number of hydrogen-bond acceptors (Lipinski definition) is 3. The summed E-state index contributed by atoms with van der Waals surface area (Å²) in [6, 6.07) is 8.80. The maximum atomic E-state index is 5.83. The molecule has 0 unspecified atom stereocenters. The standard InChI is InChI=1S/C22H26N2O/c1-15-13-18-7-6-17-5-4-10-23-22(17)21(20(18)19(14-15)25-3)16-8-11-24(2)12-9-16/h4-5,10,13-14H,6-9,11-12H2,1-3H3. The molecule has 4 rings (SSSR count). The van der Waals surface area contributed by atoms with Gasteiger partial charge in [0.2, 0.25) is 0 Å². The molecule has 1 saturated heterocycles. The zero-order valence-corrected chi connectivity index (χ0v) is 15.4. The van der Waals surface area contributed by atoms with Crippen LogP contribution in [0.5, 0.6) is 5.75 Å². The van der Waals surface area contributed by atoms with Crippen molar-refractivity contribution in [1.29, 1.82) is 0 Å². The van der Waals surface area contributed by atoms with Crippen LogP contribution in [0, 0.1) is 6.92 Å². The fraction of sp³-hybridized carbons (Fsp3) is 0.409. The van der Waals surface area contributed by atoms with Crippen LogP contribution in [0.2, 0.25) is 0 Å². The van der Waals surface area contributed by atoms with Crippen LogP contribution < -0.4 is 4.74 Å². The van der Waals surface area contributed by atoms with Crippen LogP contribution in [0.15, 0.2) is 36.0 Å². The number of aryl methyl sites for hydroxylation is 3. The number of piperidine rings is 1. The molecule has 130 valence electrons. The molecule has 1 aromatic heterocycles. The van der Waals surface area contributed by atoms with Gasteiger partial charge in [-0.1, -0.05) is 17.7 Å². The highest BCUT2D eigenvalue weighted by molar-refractivity contribution is 5.87. The Morgan fingerprint density at radius 2 is 1.80 bits per heavy atom. The van der Waals surface area contributed by atoms with E-state index in [-0.39, 0.29) is 0 Å². The topological polar surface area (TPSA) is 25.4 Å². The van der Waals surface area contributed by atoms with E-state index in [4.69, 9.17) is 9.72 Å². The molecule has 1 fully saturated rings. The second-order valence-electron chi connectivity index (χ2n) is 7.29. The quantitative estimate of drug-likeness (QED) is 0.787. The largest absolute Gasteiger partial charge is 0.496 e. The first kappa shape index (κ1) is 16.3. The van der Waals surface area contributed by atoms with E-state index >= 15 is 0 Å². The minimum Gasteiger partial charge on any atom is -0.496 e. The molecule has 0 amide bonds. The number of fused-ring (bicyclic) bond motifs is 2. The average Bonchev–Trinajstić information content (AvgIpc) is 2.79. The van der Waals surface area contributed by atoms with E-state index in [1.54, 1.807) is 7.11 Å². The highest BCUT2D eigenvalue weighted by atomic mass is 16.5. The molecule has 0 atom stereocenters. The molecule has 3 nitrogen and oxygen atoms in total. The first-order chi connectivity index (χ1) is 12.2. The number of benzene rings is 1. The maximum absolute atomic E-state index is 5.83. The third kappa shape index (κ3) is 2.98. The minimum atomic E-state index is 0.995. The van der Waals surface area contributed by atoms with E-state index in [1.165, 1.54) is 39.1 Å². The maximum Gasteiger partial charge on any atom is 0.127 e. The second-order valence-corrected chi connectivity index (χ2v) is 7.29. The number of methoxy groups -OCH3 is 1. The van der Waals surface area contributed by atoms with Gasteiger partial charge in [-0.2, -0.15) is 0 Å². The van der Waals surface area contributed by atoms with Crippen LogP contribution in [-0.4, -0.2) is 37.1 Å². The van der Waals surface area contributed by atoms with Crippen molar-refractivity contribution in [3.8, 4) is 5.75 Å². The second kappa shape index (κ2) is 6.64. The number of hydrogen-bond donors (Lipinski definition) is 0. The van der Waals surface area contributed by atoms with Crippen LogP contribution >= 0.6 is 0 Å². The lowest BCUT2D eigenvalue weighted by atomic mass is 9.87. The first-order valence-corrected chi connectivity index (χ1v) is 9.20. The summed E-state index contributed by atoms with van der Waals surface area (Å²) in [7, 11) is 3.99. The molecule has 2 aromatic rings. The summed E-state index contributed by atoms with van der Waals surface area (Å²) < 4.78 is 5.83. The monoisotopic (exact) mass is 334 g/mol. The summed E-state index contributed by atoms with van der Waals surface area (Å²) in [4.78, 5) is 7.23. The van der Waals surface area contributed by atoms with Gasteiger partial charge in [0.15, 0.2) is 0 Å². The van der Waals surface area contributed by atoms with E-state index in [1.807, 2.05) is 6.20 Å². The zero-order chi connectivity index (χ0) is 17.4.